The van der Waals surface area contributed by atoms with Crippen LogP contribution in [0.15, 0.2) is 18.3 Å². The maximum Gasteiger partial charge on any atom is 0.344 e. The molecule has 8 heteroatoms. The van der Waals surface area contributed by atoms with E-state index in [1.54, 1.807) is 9.58 Å². The van der Waals surface area contributed by atoms with E-state index >= 15 is 0 Å². The summed E-state index contributed by atoms with van der Waals surface area (Å²) in [6, 6.07) is 1.22. The van der Waals surface area contributed by atoms with Crippen LogP contribution in [0.25, 0.3) is 5.70 Å². The van der Waals surface area contributed by atoms with Crippen LogP contribution in [0, 0.1) is 0 Å². The minimum Gasteiger partial charge on any atom is -0.347 e. The van der Waals surface area contributed by atoms with Crippen molar-refractivity contribution in [3.63, 3.8) is 0 Å². The van der Waals surface area contributed by atoms with Gasteiger partial charge in [-0.2, -0.15) is 10.2 Å². The van der Waals surface area contributed by atoms with Crippen molar-refractivity contribution in [3.8, 4) is 0 Å². The molecule has 2 amide bonds. The third-order valence-electron chi connectivity index (χ3n) is 4.17. The highest BCUT2D eigenvalue weighted by Crippen LogP contribution is 2.32. The van der Waals surface area contributed by atoms with Gasteiger partial charge in [-0.15, -0.1) is 0 Å². The van der Waals surface area contributed by atoms with Crippen LogP contribution < -0.4 is 0 Å². The molecular formula is C14H18N4O4. The Morgan fingerprint density at radius 2 is 2.27 bits per heavy atom. The first-order chi connectivity index (χ1) is 10.4. The molecule has 1 aromatic heterocycles. The number of ether oxygens (including phenoxy) is 2. The predicted molar refractivity (Wildman–Crippen MR) is 74.7 cm³/mol. The summed E-state index contributed by atoms with van der Waals surface area (Å²) in [5, 5.41) is 15.0. The molecule has 8 nitrogen and oxygen atoms in total. The van der Waals surface area contributed by atoms with E-state index in [0.717, 1.165) is 16.5 Å². The molecule has 2 fully saturated rings. The predicted octanol–water partition coefficient (Wildman–Crippen LogP) is 1.06. The van der Waals surface area contributed by atoms with Crippen LogP contribution in [0.2, 0.25) is 0 Å². The molecule has 0 spiro atoms. The molecule has 4 rings (SSSR count). The van der Waals surface area contributed by atoms with Crippen LogP contribution in [0.3, 0.4) is 0 Å². The minimum absolute atomic E-state index is 0.187. The molecule has 2 atom stereocenters. The number of amides is 2. The van der Waals surface area contributed by atoms with E-state index in [2.05, 4.69) is 5.10 Å². The Morgan fingerprint density at radius 3 is 2.95 bits per heavy atom. The van der Waals surface area contributed by atoms with Crippen molar-refractivity contribution in [1.82, 2.24) is 19.7 Å². The fourth-order valence-corrected chi connectivity index (χ4v) is 3.05. The lowest BCUT2D eigenvalue weighted by Gasteiger charge is -2.21. The number of fused-ring (bicyclic) bond motifs is 2. The molecule has 2 bridgehead atoms. The van der Waals surface area contributed by atoms with Crippen LogP contribution in [-0.2, 0) is 9.47 Å². The zero-order valence-corrected chi connectivity index (χ0v) is 12.5. The summed E-state index contributed by atoms with van der Waals surface area (Å²) in [6.45, 7) is 5.17. The van der Waals surface area contributed by atoms with Crippen LogP contribution in [-0.4, -0.2) is 62.5 Å². The van der Waals surface area contributed by atoms with Crippen molar-refractivity contribution in [1.29, 1.82) is 0 Å². The van der Waals surface area contributed by atoms with Crippen LogP contribution in [0.4, 0.5) is 4.79 Å². The molecule has 3 aliphatic rings. The van der Waals surface area contributed by atoms with Crippen molar-refractivity contribution in [2.45, 2.75) is 31.8 Å². The largest absolute Gasteiger partial charge is 0.347 e. The molecule has 22 heavy (non-hydrogen) atoms. The zero-order chi connectivity index (χ0) is 15.5. The number of nitrogens with zero attached hydrogens (tertiary/aromatic N) is 4. The molecule has 1 N–H and O–H groups in total. The average Bonchev–Trinajstić information content (AvgIpc) is 3.15. The first kappa shape index (κ1) is 13.7. The van der Waals surface area contributed by atoms with Gasteiger partial charge < -0.3 is 14.4 Å². The van der Waals surface area contributed by atoms with Gasteiger partial charge in [-0.25, -0.2) is 9.48 Å². The molecule has 0 aliphatic carbocycles. The highest BCUT2D eigenvalue weighted by atomic mass is 16.7. The number of hydrogen-bond acceptors (Lipinski definition) is 5. The number of rotatable bonds is 2. The fourth-order valence-electron chi connectivity index (χ4n) is 3.05. The van der Waals surface area contributed by atoms with E-state index in [9.17, 15) is 10.0 Å². The lowest BCUT2D eigenvalue weighted by Crippen LogP contribution is -2.31. The topological polar surface area (TPSA) is 80.1 Å². The smallest absolute Gasteiger partial charge is 0.344 e. The summed E-state index contributed by atoms with van der Waals surface area (Å²) >= 11 is 0. The number of carbonyl (C=O) groups is 1. The third kappa shape index (κ3) is 2.11. The number of urea groups is 1. The Bertz CT molecular complexity index is 653. The second-order valence-electron chi connectivity index (χ2n) is 6.24. The lowest BCUT2D eigenvalue weighted by molar-refractivity contribution is -0.139. The molecule has 2 unspecified atom stereocenters. The van der Waals surface area contributed by atoms with Gasteiger partial charge in [0, 0.05) is 12.7 Å². The lowest BCUT2D eigenvalue weighted by atomic mass is 10.2. The second kappa shape index (κ2) is 4.55. The second-order valence-corrected chi connectivity index (χ2v) is 6.24. The van der Waals surface area contributed by atoms with Gasteiger partial charge in [0.25, 0.3) is 0 Å². The summed E-state index contributed by atoms with van der Waals surface area (Å²) in [6.07, 6.45) is 3.52. The van der Waals surface area contributed by atoms with E-state index in [4.69, 9.17) is 9.47 Å². The summed E-state index contributed by atoms with van der Waals surface area (Å²) in [5.74, 6) is -0.590. The van der Waals surface area contributed by atoms with Gasteiger partial charge in [0.15, 0.2) is 5.79 Å². The van der Waals surface area contributed by atoms with Gasteiger partial charge in [-0.3, -0.25) is 5.21 Å². The number of hydroxylamine groups is 2. The van der Waals surface area contributed by atoms with E-state index in [1.165, 1.54) is 0 Å². The van der Waals surface area contributed by atoms with Gasteiger partial charge in [0.05, 0.1) is 30.6 Å². The molecule has 0 radical (unpaired) electrons. The van der Waals surface area contributed by atoms with Gasteiger partial charge in [0.2, 0.25) is 0 Å². The van der Waals surface area contributed by atoms with E-state index < -0.39 is 5.79 Å². The van der Waals surface area contributed by atoms with Crippen molar-refractivity contribution < 1.29 is 19.5 Å². The third-order valence-corrected chi connectivity index (χ3v) is 4.17. The Labute approximate surface area is 127 Å². The van der Waals surface area contributed by atoms with Crippen molar-refractivity contribution in [2.75, 3.05) is 19.7 Å². The van der Waals surface area contributed by atoms with Crippen molar-refractivity contribution >= 4 is 11.7 Å². The van der Waals surface area contributed by atoms with Gasteiger partial charge in [-0.05, 0) is 26.0 Å². The summed E-state index contributed by atoms with van der Waals surface area (Å²) in [4.78, 5) is 13.3. The normalized spacial score (nSPS) is 30.1. The Hall–Kier alpha value is -1.90. The van der Waals surface area contributed by atoms with Crippen LogP contribution >= 0.6 is 0 Å². The van der Waals surface area contributed by atoms with E-state index in [1.807, 2.05) is 32.2 Å². The zero-order valence-electron chi connectivity index (χ0n) is 12.5. The Morgan fingerprint density at radius 1 is 1.45 bits per heavy atom. The summed E-state index contributed by atoms with van der Waals surface area (Å²) in [5.41, 5.74) is 1.66. The maximum atomic E-state index is 11.8. The minimum atomic E-state index is -0.590. The van der Waals surface area contributed by atoms with Gasteiger partial charge in [0.1, 0.15) is 6.10 Å². The first-order valence-corrected chi connectivity index (χ1v) is 7.28. The molecular weight excluding hydrogens is 288 g/mol. The van der Waals surface area contributed by atoms with Crippen LogP contribution in [0.5, 0.6) is 0 Å². The molecule has 118 valence electrons. The number of aromatic nitrogens is 2. The molecule has 4 heterocycles. The Balaban J connectivity index is 1.56. The average molecular weight is 306 g/mol. The number of carbonyl (C=O) groups excluding carboxylic acids is 1. The monoisotopic (exact) mass is 306 g/mol. The fraction of sp³-hybridized carbons (Fsp3) is 0.571. The first-order valence-electron chi connectivity index (χ1n) is 7.28. The molecule has 2 saturated heterocycles. The Kier molecular flexibility index (Phi) is 2.84. The molecule has 0 saturated carbocycles. The molecule has 1 aromatic rings. The highest BCUT2D eigenvalue weighted by Gasteiger charge is 2.40. The van der Waals surface area contributed by atoms with Crippen molar-refractivity contribution in [3.05, 3.63) is 24.0 Å². The summed E-state index contributed by atoms with van der Waals surface area (Å²) in [7, 11) is 0. The van der Waals surface area contributed by atoms with Gasteiger partial charge >= 0.3 is 6.03 Å². The van der Waals surface area contributed by atoms with Crippen molar-refractivity contribution in [2.24, 2.45) is 0 Å². The maximum absolute atomic E-state index is 11.8. The number of hydrogen-bond donors (Lipinski definition) is 1. The van der Waals surface area contributed by atoms with Crippen LogP contribution in [0.1, 0.15) is 25.6 Å². The quantitative estimate of drug-likeness (QED) is 0.826. The summed E-state index contributed by atoms with van der Waals surface area (Å²) < 4.78 is 13.1. The van der Waals surface area contributed by atoms with E-state index in [0.29, 0.717) is 19.7 Å². The van der Waals surface area contributed by atoms with Gasteiger partial charge in [-0.1, -0.05) is 0 Å². The molecule has 3 aliphatic heterocycles. The highest BCUT2D eigenvalue weighted by molar-refractivity contribution is 5.79. The SMILES string of the molecule is CC1(C)OCC(c2ccn(C3=CC4CN(C3)C(=O)N4O)n2)O1. The standard InChI is InChI=1S/C14H18N4O4/c1-14(2)21-8-12(22-14)11-3-4-17(15-11)9-5-10-7-16(6-9)13(19)18(10)20/h3-5,10,12,20H,6-8H2,1-2H3. The van der Waals surface area contributed by atoms with E-state index in [-0.39, 0.29) is 18.2 Å². The molecule has 0 aromatic carbocycles.